The Morgan fingerprint density at radius 2 is 1.73 bits per heavy atom. The van der Waals surface area contributed by atoms with Crippen molar-refractivity contribution >= 4 is 15.9 Å². The maximum atomic E-state index is 12.1. The Kier molecular flexibility index (Phi) is 6.23. The summed E-state index contributed by atoms with van der Waals surface area (Å²) in [6.07, 6.45) is 3.62. The Balaban J connectivity index is 1.70. The van der Waals surface area contributed by atoms with Crippen LogP contribution in [0.4, 0.5) is 0 Å². The zero-order chi connectivity index (χ0) is 16.2. The summed E-state index contributed by atoms with van der Waals surface area (Å²) in [5.74, 6) is 0.0633. The van der Waals surface area contributed by atoms with Crippen molar-refractivity contribution in [1.82, 2.24) is 14.5 Å². The first-order valence-corrected chi connectivity index (χ1v) is 10.0. The maximum absolute atomic E-state index is 12.1. The number of piperidine rings is 1. The number of nitrogens with one attached hydrogen (secondary N) is 1. The Labute approximate surface area is 134 Å². The third-order valence-electron chi connectivity index (χ3n) is 4.75. The smallest absolute Gasteiger partial charge is 0.223 e. The largest absolute Gasteiger partial charge is 0.355 e. The average Bonchev–Trinajstić information content (AvgIpc) is 3.02. The van der Waals surface area contributed by atoms with E-state index in [1.165, 1.54) is 0 Å². The molecule has 0 radical (unpaired) electrons. The van der Waals surface area contributed by atoms with Gasteiger partial charge in [-0.05, 0) is 52.6 Å². The van der Waals surface area contributed by atoms with Gasteiger partial charge in [0.25, 0.3) is 0 Å². The molecule has 2 aliphatic rings. The summed E-state index contributed by atoms with van der Waals surface area (Å²) < 4.78 is 25.7. The molecule has 0 aromatic heterocycles. The SMILES string of the molecule is CC(C)N1CCC(C(=O)NCCS(=O)(=O)N2CCCC2)CC1. The summed E-state index contributed by atoms with van der Waals surface area (Å²) in [5, 5.41) is 2.81. The van der Waals surface area contributed by atoms with Crippen LogP contribution < -0.4 is 5.32 Å². The molecule has 0 aromatic rings. The standard InChI is InChI=1S/C15H29N3O3S/c1-13(2)17-10-5-14(6-11-17)15(19)16-7-12-22(20,21)18-8-3-4-9-18/h13-14H,3-12H2,1-2H3,(H,16,19). The highest BCUT2D eigenvalue weighted by Gasteiger charge is 2.27. The van der Waals surface area contributed by atoms with Gasteiger partial charge >= 0.3 is 0 Å². The van der Waals surface area contributed by atoms with Gasteiger partial charge in [0, 0.05) is 31.6 Å². The molecule has 0 aliphatic carbocycles. The topological polar surface area (TPSA) is 69.7 Å². The van der Waals surface area contributed by atoms with E-state index < -0.39 is 10.0 Å². The molecular formula is C15H29N3O3S. The molecule has 0 spiro atoms. The van der Waals surface area contributed by atoms with Crippen molar-refractivity contribution < 1.29 is 13.2 Å². The summed E-state index contributed by atoms with van der Waals surface area (Å²) in [5.41, 5.74) is 0. The second kappa shape index (κ2) is 7.75. The van der Waals surface area contributed by atoms with Crippen LogP contribution in [0.15, 0.2) is 0 Å². The van der Waals surface area contributed by atoms with Crippen LogP contribution in [0.25, 0.3) is 0 Å². The molecule has 2 fully saturated rings. The Morgan fingerprint density at radius 1 is 1.14 bits per heavy atom. The number of sulfonamides is 1. The van der Waals surface area contributed by atoms with Crippen LogP contribution in [0.2, 0.25) is 0 Å². The van der Waals surface area contributed by atoms with Crippen molar-refractivity contribution in [3.63, 3.8) is 0 Å². The van der Waals surface area contributed by atoms with E-state index >= 15 is 0 Å². The molecular weight excluding hydrogens is 302 g/mol. The molecule has 1 N–H and O–H groups in total. The lowest BCUT2D eigenvalue weighted by atomic mass is 9.95. The molecule has 2 aliphatic heterocycles. The predicted octanol–water partition coefficient (Wildman–Crippen LogP) is 0.649. The minimum Gasteiger partial charge on any atom is -0.355 e. The molecule has 7 heteroatoms. The van der Waals surface area contributed by atoms with E-state index in [4.69, 9.17) is 0 Å². The van der Waals surface area contributed by atoms with Gasteiger partial charge in [0.15, 0.2) is 0 Å². The Hall–Kier alpha value is -0.660. The first-order valence-electron chi connectivity index (χ1n) is 8.40. The van der Waals surface area contributed by atoms with E-state index in [-0.39, 0.29) is 24.1 Å². The molecule has 6 nitrogen and oxygen atoms in total. The van der Waals surface area contributed by atoms with Gasteiger partial charge in [0.2, 0.25) is 15.9 Å². The van der Waals surface area contributed by atoms with Crippen molar-refractivity contribution in [2.24, 2.45) is 5.92 Å². The fourth-order valence-electron chi connectivity index (χ4n) is 3.22. The number of amides is 1. The second-order valence-corrected chi connectivity index (χ2v) is 8.71. The van der Waals surface area contributed by atoms with Crippen LogP contribution in [0.1, 0.15) is 39.5 Å². The molecule has 0 unspecified atom stereocenters. The van der Waals surface area contributed by atoms with E-state index in [1.807, 2.05) is 0 Å². The monoisotopic (exact) mass is 331 g/mol. The number of hydrogen-bond donors (Lipinski definition) is 1. The van der Waals surface area contributed by atoms with Crippen LogP contribution in [0.5, 0.6) is 0 Å². The highest BCUT2D eigenvalue weighted by Crippen LogP contribution is 2.19. The van der Waals surface area contributed by atoms with Gasteiger partial charge in [-0.3, -0.25) is 4.79 Å². The summed E-state index contributed by atoms with van der Waals surface area (Å²) in [6, 6.07) is 0.523. The van der Waals surface area contributed by atoms with Gasteiger partial charge < -0.3 is 10.2 Å². The molecule has 2 saturated heterocycles. The van der Waals surface area contributed by atoms with Crippen molar-refractivity contribution in [2.75, 3.05) is 38.5 Å². The highest BCUT2D eigenvalue weighted by atomic mass is 32.2. The highest BCUT2D eigenvalue weighted by molar-refractivity contribution is 7.89. The van der Waals surface area contributed by atoms with Crippen molar-refractivity contribution in [1.29, 1.82) is 0 Å². The number of rotatable bonds is 6. The quantitative estimate of drug-likeness (QED) is 0.776. The Bertz CT molecular complexity index is 464. The number of carbonyl (C=O) groups excluding carboxylic acids is 1. The maximum Gasteiger partial charge on any atom is 0.223 e. The fourth-order valence-corrected chi connectivity index (χ4v) is 4.65. The van der Waals surface area contributed by atoms with Crippen molar-refractivity contribution in [3.05, 3.63) is 0 Å². The molecule has 0 bridgehead atoms. The van der Waals surface area contributed by atoms with E-state index in [2.05, 4.69) is 24.1 Å². The normalized spacial score (nSPS) is 22.3. The van der Waals surface area contributed by atoms with Crippen LogP contribution in [-0.4, -0.2) is 68.0 Å². The zero-order valence-electron chi connectivity index (χ0n) is 13.8. The number of likely N-dealkylation sites (tertiary alicyclic amines) is 1. The minimum atomic E-state index is -3.20. The molecule has 2 heterocycles. The molecule has 22 heavy (non-hydrogen) atoms. The Morgan fingerprint density at radius 3 is 2.27 bits per heavy atom. The molecule has 0 saturated carbocycles. The van der Waals surface area contributed by atoms with Crippen LogP contribution >= 0.6 is 0 Å². The summed E-state index contributed by atoms with van der Waals surface area (Å²) in [4.78, 5) is 14.5. The minimum absolute atomic E-state index is 0.0139. The van der Waals surface area contributed by atoms with E-state index in [9.17, 15) is 13.2 Å². The molecule has 0 aromatic carbocycles. The number of nitrogens with zero attached hydrogens (tertiary/aromatic N) is 2. The van der Waals surface area contributed by atoms with E-state index in [1.54, 1.807) is 4.31 Å². The van der Waals surface area contributed by atoms with Crippen LogP contribution in [0, 0.1) is 5.92 Å². The second-order valence-electron chi connectivity index (χ2n) is 6.62. The molecule has 2 rings (SSSR count). The van der Waals surface area contributed by atoms with Crippen LogP contribution in [0.3, 0.4) is 0 Å². The fraction of sp³-hybridized carbons (Fsp3) is 0.933. The number of carbonyl (C=O) groups is 1. The summed E-state index contributed by atoms with van der Waals surface area (Å²) >= 11 is 0. The lowest BCUT2D eigenvalue weighted by molar-refractivity contribution is -0.126. The zero-order valence-corrected chi connectivity index (χ0v) is 14.6. The third kappa shape index (κ3) is 4.67. The average molecular weight is 331 g/mol. The van der Waals surface area contributed by atoms with Crippen molar-refractivity contribution in [3.8, 4) is 0 Å². The van der Waals surface area contributed by atoms with Gasteiger partial charge in [-0.1, -0.05) is 0 Å². The molecule has 128 valence electrons. The van der Waals surface area contributed by atoms with Crippen LogP contribution in [-0.2, 0) is 14.8 Å². The summed E-state index contributed by atoms with van der Waals surface area (Å²) in [6.45, 7) is 7.72. The van der Waals surface area contributed by atoms with E-state index in [0.29, 0.717) is 19.1 Å². The molecule has 0 atom stereocenters. The van der Waals surface area contributed by atoms with Gasteiger partial charge in [0.1, 0.15) is 0 Å². The van der Waals surface area contributed by atoms with Gasteiger partial charge in [-0.15, -0.1) is 0 Å². The summed E-state index contributed by atoms with van der Waals surface area (Å²) in [7, 11) is -3.20. The number of hydrogen-bond acceptors (Lipinski definition) is 4. The first kappa shape index (κ1) is 17.7. The van der Waals surface area contributed by atoms with E-state index in [0.717, 1.165) is 38.8 Å². The van der Waals surface area contributed by atoms with Gasteiger partial charge in [0.05, 0.1) is 5.75 Å². The lowest BCUT2D eigenvalue weighted by Gasteiger charge is -2.33. The first-order chi connectivity index (χ1) is 10.4. The van der Waals surface area contributed by atoms with Crippen molar-refractivity contribution in [2.45, 2.75) is 45.6 Å². The predicted molar refractivity (Wildman–Crippen MR) is 87.0 cm³/mol. The third-order valence-corrected chi connectivity index (χ3v) is 6.62. The van der Waals surface area contributed by atoms with Gasteiger partial charge in [-0.25, -0.2) is 12.7 Å². The van der Waals surface area contributed by atoms with Gasteiger partial charge in [-0.2, -0.15) is 0 Å². The molecule has 1 amide bonds. The lowest BCUT2D eigenvalue weighted by Crippen LogP contribution is -2.44.